The molecule has 2 nitrogen and oxygen atoms in total. The molecule has 82 valence electrons. The third kappa shape index (κ3) is 3.32. The number of hydrogen-bond donors (Lipinski definition) is 0. The fourth-order valence-corrected chi connectivity index (χ4v) is 2.08. The first kappa shape index (κ1) is 11.5. The second kappa shape index (κ2) is 6.05. The molecule has 0 aromatic rings. The minimum atomic E-state index is 0.360. The van der Waals surface area contributed by atoms with Crippen molar-refractivity contribution in [1.82, 2.24) is 4.90 Å². The summed E-state index contributed by atoms with van der Waals surface area (Å²) in [5.74, 6) is 0.727. The van der Waals surface area contributed by atoms with Gasteiger partial charge in [0.25, 0.3) is 0 Å². The fourth-order valence-electron chi connectivity index (χ4n) is 2.08. The number of unbranched alkanes of at least 4 members (excludes halogenated alkanes) is 5. The topological polar surface area (TPSA) is 20.3 Å². The standard InChI is InChI=1S/C12H23NO/c1-3-4-5-6-7-8-9-11-10-13(2)12(11)14/h11H,3-10H2,1-2H3. The van der Waals surface area contributed by atoms with Crippen molar-refractivity contribution in [2.45, 2.75) is 51.9 Å². The number of amides is 1. The van der Waals surface area contributed by atoms with Crippen molar-refractivity contribution in [3.63, 3.8) is 0 Å². The number of β-lactam (4-membered cyclic amide) rings is 1. The molecule has 1 aliphatic heterocycles. The zero-order valence-electron chi connectivity index (χ0n) is 9.59. The van der Waals surface area contributed by atoms with Crippen LogP contribution in [0.25, 0.3) is 0 Å². The summed E-state index contributed by atoms with van der Waals surface area (Å²) in [5.41, 5.74) is 0. The van der Waals surface area contributed by atoms with Gasteiger partial charge in [-0.15, -0.1) is 0 Å². The fraction of sp³-hybridized carbons (Fsp3) is 0.917. The predicted octanol–water partition coefficient (Wildman–Crippen LogP) is 2.83. The monoisotopic (exact) mass is 197 g/mol. The van der Waals surface area contributed by atoms with E-state index < -0.39 is 0 Å². The van der Waals surface area contributed by atoms with E-state index in [9.17, 15) is 4.79 Å². The van der Waals surface area contributed by atoms with E-state index in [1.165, 1.54) is 38.5 Å². The third-order valence-electron chi connectivity index (χ3n) is 3.13. The van der Waals surface area contributed by atoms with Gasteiger partial charge in [-0.2, -0.15) is 0 Å². The van der Waals surface area contributed by atoms with Gasteiger partial charge in [-0.25, -0.2) is 0 Å². The van der Waals surface area contributed by atoms with Crippen LogP contribution in [0.3, 0.4) is 0 Å². The van der Waals surface area contributed by atoms with Gasteiger partial charge < -0.3 is 4.90 Å². The van der Waals surface area contributed by atoms with Crippen molar-refractivity contribution < 1.29 is 4.79 Å². The highest BCUT2D eigenvalue weighted by atomic mass is 16.2. The second-order valence-corrected chi connectivity index (χ2v) is 4.47. The summed E-state index contributed by atoms with van der Waals surface area (Å²) in [6.45, 7) is 3.23. The molecule has 1 unspecified atom stereocenters. The number of carbonyl (C=O) groups is 1. The Labute approximate surface area is 87.7 Å². The Hall–Kier alpha value is -0.530. The van der Waals surface area contributed by atoms with E-state index in [0.717, 1.165) is 13.0 Å². The summed E-state index contributed by atoms with van der Waals surface area (Å²) in [6.07, 6.45) is 9.08. The maximum atomic E-state index is 11.3. The summed E-state index contributed by atoms with van der Waals surface area (Å²) in [6, 6.07) is 0. The lowest BCUT2D eigenvalue weighted by molar-refractivity contribution is -0.145. The minimum absolute atomic E-state index is 0.360. The highest BCUT2D eigenvalue weighted by Crippen LogP contribution is 2.21. The van der Waals surface area contributed by atoms with Crippen molar-refractivity contribution in [2.75, 3.05) is 13.6 Å². The van der Waals surface area contributed by atoms with Gasteiger partial charge in [0.1, 0.15) is 0 Å². The molecule has 0 radical (unpaired) electrons. The lowest BCUT2D eigenvalue weighted by atomic mass is 9.93. The molecule has 1 fully saturated rings. The van der Waals surface area contributed by atoms with Crippen LogP contribution in [0.4, 0.5) is 0 Å². The Kier molecular flexibility index (Phi) is 4.99. The van der Waals surface area contributed by atoms with Gasteiger partial charge in [-0.3, -0.25) is 4.79 Å². The summed E-state index contributed by atoms with van der Waals surface area (Å²) in [7, 11) is 1.89. The van der Waals surface area contributed by atoms with E-state index in [1.807, 2.05) is 11.9 Å². The first-order valence-electron chi connectivity index (χ1n) is 6.00. The van der Waals surface area contributed by atoms with E-state index >= 15 is 0 Å². The molecule has 0 bridgehead atoms. The van der Waals surface area contributed by atoms with Crippen molar-refractivity contribution in [1.29, 1.82) is 0 Å². The number of carbonyl (C=O) groups excluding carboxylic acids is 1. The Morgan fingerprint density at radius 3 is 2.43 bits per heavy atom. The summed E-state index contributed by atoms with van der Waals surface area (Å²) in [4.78, 5) is 13.1. The number of rotatable bonds is 7. The molecule has 0 aromatic heterocycles. The van der Waals surface area contributed by atoms with Crippen molar-refractivity contribution in [3.8, 4) is 0 Å². The summed E-state index contributed by atoms with van der Waals surface area (Å²) in [5, 5.41) is 0. The van der Waals surface area contributed by atoms with Gasteiger partial charge in [0, 0.05) is 13.6 Å². The third-order valence-corrected chi connectivity index (χ3v) is 3.13. The van der Waals surface area contributed by atoms with Crippen LogP contribution in [0.2, 0.25) is 0 Å². The van der Waals surface area contributed by atoms with Crippen LogP contribution in [0.15, 0.2) is 0 Å². The summed E-state index contributed by atoms with van der Waals surface area (Å²) >= 11 is 0. The average Bonchev–Trinajstić information content (AvgIpc) is 2.21. The SMILES string of the molecule is CCCCCCCCC1CN(C)C1=O. The Morgan fingerprint density at radius 1 is 1.21 bits per heavy atom. The van der Waals surface area contributed by atoms with Gasteiger partial charge in [-0.05, 0) is 6.42 Å². The normalized spacial score (nSPS) is 21.1. The Morgan fingerprint density at radius 2 is 1.86 bits per heavy atom. The number of hydrogen-bond acceptors (Lipinski definition) is 1. The van der Waals surface area contributed by atoms with Crippen LogP contribution in [-0.2, 0) is 4.79 Å². The lowest BCUT2D eigenvalue weighted by Crippen LogP contribution is -2.49. The highest BCUT2D eigenvalue weighted by molar-refractivity contribution is 5.84. The highest BCUT2D eigenvalue weighted by Gasteiger charge is 2.32. The summed E-state index contributed by atoms with van der Waals surface area (Å²) < 4.78 is 0. The molecule has 1 aliphatic rings. The van der Waals surface area contributed by atoms with Crippen molar-refractivity contribution in [2.24, 2.45) is 5.92 Å². The molecule has 0 aliphatic carbocycles. The van der Waals surface area contributed by atoms with Gasteiger partial charge in [0.05, 0.1) is 5.92 Å². The van der Waals surface area contributed by atoms with Crippen LogP contribution < -0.4 is 0 Å². The molecule has 1 heterocycles. The van der Waals surface area contributed by atoms with Crippen LogP contribution in [-0.4, -0.2) is 24.4 Å². The number of likely N-dealkylation sites (tertiary alicyclic amines) is 1. The van der Waals surface area contributed by atoms with E-state index in [-0.39, 0.29) is 0 Å². The maximum Gasteiger partial charge on any atom is 0.227 e. The number of nitrogens with zero attached hydrogens (tertiary/aromatic N) is 1. The van der Waals surface area contributed by atoms with Crippen LogP contribution in [0.1, 0.15) is 51.9 Å². The molecule has 0 saturated carbocycles. The predicted molar refractivity (Wildman–Crippen MR) is 59.1 cm³/mol. The van der Waals surface area contributed by atoms with Crippen molar-refractivity contribution >= 4 is 5.91 Å². The largest absolute Gasteiger partial charge is 0.345 e. The first-order chi connectivity index (χ1) is 6.75. The molecule has 1 rings (SSSR count). The molecule has 0 aromatic carbocycles. The molecule has 2 heteroatoms. The smallest absolute Gasteiger partial charge is 0.227 e. The minimum Gasteiger partial charge on any atom is -0.345 e. The molecular weight excluding hydrogens is 174 g/mol. The van der Waals surface area contributed by atoms with Crippen LogP contribution in [0, 0.1) is 5.92 Å². The molecule has 1 atom stereocenters. The van der Waals surface area contributed by atoms with Gasteiger partial charge in [0.15, 0.2) is 0 Å². The average molecular weight is 197 g/mol. The lowest BCUT2D eigenvalue weighted by Gasteiger charge is -2.35. The molecule has 14 heavy (non-hydrogen) atoms. The Bertz CT molecular complexity index is 179. The van der Waals surface area contributed by atoms with Gasteiger partial charge >= 0.3 is 0 Å². The van der Waals surface area contributed by atoms with Gasteiger partial charge in [-0.1, -0.05) is 45.4 Å². The second-order valence-electron chi connectivity index (χ2n) is 4.47. The van der Waals surface area contributed by atoms with E-state index in [4.69, 9.17) is 0 Å². The first-order valence-corrected chi connectivity index (χ1v) is 6.00. The van der Waals surface area contributed by atoms with E-state index in [2.05, 4.69) is 6.92 Å². The van der Waals surface area contributed by atoms with Crippen LogP contribution in [0.5, 0.6) is 0 Å². The quantitative estimate of drug-likeness (QED) is 0.454. The van der Waals surface area contributed by atoms with E-state index in [0.29, 0.717) is 11.8 Å². The molecule has 1 saturated heterocycles. The van der Waals surface area contributed by atoms with Crippen LogP contribution >= 0.6 is 0 Å². The molecule has 0 spiro atoms. The molecular formula is C12H23NO. The zero-order valence-corrected chi connectivity index (χ0v) is 9.59. The Balaban J connectivity index is 1.87. The molecule has 0 N–H and O–H groups in total. The zero-order chi connectivity index (χ0) is 10.4. The maximum absolute atomic E-state index is 11.3. The van der Waals surface area contributed by atoms with Crippen molar-refractivity contribution in [3.05, 3.63) is 0 Å². The molecule has 1 amide bonds. The van der Waals surface area contributed by atoms with Gasteiger partial charge in [0.2, 0.25) is 5.91 Å². The van der Waals surface area contributed by atoms with E-state index in [1.54, 1.807) is 0 Å².